The Kier molecular flexibility index (Phi) is 1.09. The second-order valence-electron chi connectivity index (χ2n) is 3.39. The van der Waals surface area contributed by atoms with Crippen molar-refractivity contribution in [3.05, 3.63) is 34.5 Å². The van der Waals surface area contributed by atoms with E-state index in [1.807, 2.05) is 12.1 Å². The molecule has 14 heavy (non-hydrogen) atoms. The zero-order chi connectivity index (χ0) is 9.87. The highest BCUT2D eigenvalue weighted by Gasteiger charge is 2.22. The maximum atomic E-state index is 11.3. The van der Waals surface area contributed by atoms with E-state index in [-0.39, 0.29) is 16.9 Å². The van der Waals surface area contributed by atoms with Gasteiger partial charge in [-0.2, -0.15) is 0 Å². The van der Waals surface area contributed by atoms with E-state index >= 15 is 0 Å². The van der Waals surface area contributed by atoms with Gasteiger partial charge in [-0.25, -0.2) is 0 Å². The van der Waals surface area contributed by atoms with Gasteiger partial charge in [-0.3, -0.25) is 4.79 Å². The predicted octanol–water partition coefficient (Wildman–Crippen LogP) is 1.52. The van der Waals surface area contributed by atoms with Gasteiger partial charge < -0.3 is 10.8 Å². The van der Waals surface area contributed by atoms with Crippen molar-refractivity contribution in [1.82, 2.24) is 0 Å². The fourth-order valence-electron chi connectivity index (χ4n) is 1.86. The number of anilines is 1. The molecule has 0 radical (unpaired) electrons. The summed E-state index contributed by atoms with van der Waals surface area (Å²) in [6.45, 7) is 0. The van der Waals surface area contributed by atoms with Gasteiger partial charge in [0.05, 0.1) is 11.1 Å². The van der Waals surface area contributed by atoms with Crippen LogP contribution < -0.4 is 11.2 Å². The number of rotatable bonds is 0. The Balaban J connectivity index is 2.70. The smallest absolute Gasteiger partial charge is 0.197 e. The van der Waals surface area contributed by atoms with Crippen molar-refractivity contribution in [2.75, 3.05) is 5.73 Å². The summed E-state index contributed by atoms with van der Waals surface area (Å²) in [6, 6.07) is 7.22. The summed E-state index contributed by atoms with van der Waals surface area (Å²) in [6.07, 6.45) is 0. The molecule has 0 aliphatic heterocycles. The van der Waals surface area contributed by atoms with Gasteiger partial charge >= 0.3 is 0 Å². The molecule has 0 unspecified atom stereocenters. The minimum atomic E-state index is -0.0426. The molecular formula is C11H7NO2. The second kappa shape index (κ2) is 2.07. The van der Waals surface area contributed by atoms with Gasteiger partial charge in [-0.1, -0.05) is 24.3 Å². The number of nitrogens with two attached hydrogens (primary N) is 1. The van der Waals surface area contributed by atoms with E-state index in [1.54, 1.807) is 12.1 Å². The van der Waals surface area contributed by atoms with Crippen LogP contribution in [0.5, 0.6) is 5.75 Å². The van der Waals surface area contributed by atoms with Crippen LogP contribution in [0.4, 0.5) is 5.69 Å². The number of fused-ring (bicyclic) bond motifs is 3. The van der Waals surface area contributed by atoms with Crippen molar-refractivity contribution < 1.29 is 5.11 Å². The molecule has 0 aliphatic carbocycles. The summed E-state index contributed by atoms with van der Waals surface area (Å²) in [7, 11) is 0. The molecule has 3 aromatic rings. The van der Waals surface area contributed by atoms with Crippen LogP contribution in [0.1, 0.15) is 0 Å². The quantitative estimate of drug-likeness (QED) is 0.412. The SMILES string of the molecule is Nc1c(O)c2ccccc2c2c(=O)c12. The van der Waals surface area contributed by atoms with E-state index in [0.717, 1.165) is 5.39 Å². The van der Waals surface area contributed by atoms with Crippen LogP contribution in [0, 0.1) is 0 Å². The molecule has 0 spiro atoms. The van der Waals surface area contributed by atoms with E-state index in [2.05, 4.69) is 0 Å². The van der Waals surface area contributed by atoms with Gasteiger partial charge in [-0.15, -0.1) is 0 Å². The minimum absolute atomic E-state index is 0.0187. The number of hydrogen-bond acceptors (Lipinski definition) is 3. The molecule has 0 fully saturated rings. The van der Waals surface area contributed by atoms with E-state index in [1.165, 1.54) is 0 Å². The number of phenols is 1. The van der Waals surface area contributed by atoms with E-state index in [9.17, 15) is 9.90 Å². The van der Waals surface area contributed by atoms with Crippen LogP contribution >= 0.6 is 0 Å². The maximum Gasteiger partial charge on any atom is 0.197 e. The number of aromatic hydroxyl groups is 1. The summed E-state index contributed by atoms with van der Waals surface area (Å²) >= 11 is 0. The average Bonchev–Trinajstić information content (AvgIpc) is 2.87. The van der Waals surface area contributed by atoms with Crippen molar-refractivity contribution in [2.45, 2.75) is 0 Å². The lowest BCUT2D eigenvalue weighted by atomic mass is 10.1. The number of hydrogen-bond donors (Lipinski definition) is 2. The lowest BCUT2D eigenvalue weighted by Crippen LogP contribution is -1.85. The van der Waals surface area contributed by atoms with Crippen molar-refractivity contribution in [3.63, 3.8) is 0 Å². The standard InChI is InChI=1S/C11H7NO2/c12-9-8-7(11(8)14)5-3-1-2-4-6(5)10(9)13/h1-4,13H,12H2. The van der Waals surface area contributed by atoms with Gasteiger partial charge in [0.1, 0.15) is 5.75 Å². The topological polar surface area (TPSA) is 63.3 Å². The van der Waals surface area contributed by atoms with Crippen LogP contribution in [0.3, 0.4) is 0 Å². The van der Waals surface area contributed by atoms with E-state index in [0.29, 0.717) is 16.2 Å². The summed E-state index contributed by atoms with van der Waals surface area (Å²) < 4.78 is 0. The molecule has 0 saturated heterocycles. The molecule has 0 aromatic heterocycles. The Bertz CT molecular complexity index is 675. The Morgan fingerprint density at radius 2 is 1.71 bits per heavy atom. The Morgan fingerprint density at radius 3 is 2.43 bits per heavy atom. The molecule has 3 aromatic carbocycles. The van der Waals surface area contributed by atoms with Crippen molar-refractivity contribution in [1.29, 1.82) is 0 Å². The summed E-state index contributed by atoms with van der Waals surface area (Å²) in [5.74, 6) is 0.0187. The maximum absolute atomic E-state index is 11.3. The van der Waals surface area contributed by atoms with Crippen LogP contribution in [0.15, 0.2) is 29.1 Å². The molecule has 0 atom stereocenters. The molecular weight excluding hydrogens is 178 g/mol. The van der Waals surface area contributed by atoms with Crippen molar-refractivity contribution in [2.24, 2.45) is 0 Å². The fraction of sp³-hybridized carbons (Fsp3) is 0. The minimum Gasteiger partial charge on any atom is -0.505 e. The highest BCUT2D eigenvalue weighted by atomic mass is 16.3. The van der Waals surface area contributed by atoms with Crippen molar-refractivity contribution >= 4 is 27.2 Å². The molecule has 3 rings (SSSR count). The summed E-state index contributed by atoms with van der Waals surface area (Å²) in [4.78, 5) is 11.3. The molecule has 0 heterocycles. The Hall–Kier alpha value is -2.03. The summed E-state index contributed by atoms with van der Waals surface area (Å²) in [5, 5.41) is 12.3. The van der Waals surface area contributed by atoms with Gasteiger partial charge in [-0.05, 0) is 5.39 Å². The van der Waals surface area contributed by atoms with Gasteiger partial charge in [0, 0.05) is 10.8 Å². The lowest BCUT2D eigenvalue weighted by molar-refractivity contribution is 0.485. The van der Waals surface area contributed by atoms with E-state index < -0.39 is 0 Å². The zero-order valence-corrected chi connectivity index (χ0v) is 7.24. The largest absolute Gasteiger partial charge is 0.505 e. The van der Waals surface area contributed by atoms with Crippen LogP contribution in [-0.4, -0.2) is 5.11 Å². The normalized spacial score (nSPS) is 11.7. The monoisotopic (exact) mass is 185 g/mol. The molecule has 0 saturated carbocycles. The number of nitrogen functional groups attached to an aromatic ring is 1. The highest BCUT2D eigenvalue weighted by Crippen LogP contribution is 2.40. The average molecular weight is 185 g/mol. The third-order valence-electron chi connectivity index (χ3n) is 2.62. The molecule has 0 bridgehead atoms. The number of benzene rings is 2. The molecule has 0 amide bonds. The third-order valence-corrected chi connectivity index (χ3v) is 2.62. The molecule has 3 heteroatoms. The van der Waals surface area contributed by atoms with E-state index in [4.69, 9.17) is 5.73 Å². The molecule has 3 nitrogen and oxygen atoms in total. The van der Waals surface area contributed by atoms with Gasteiger partial charge in [0.2, 0.25) is 0 Å². The van der Waals surface area contributed by atoms with Gasteiger partial charge in [0.25, 0.3) is 0 Å². The Labute approximate surface area is 79.1 Å². The van der Waals surface area contributed by atoms with Crippen LogP contribution in [0.2, 0.25) is 0 Å². The first-order valence-corrected chi connectivity index (χ1v) is 4.29. The van der Waals surface area contributed by atoms with Crippen molar-refractivity contribution in [3.8, 4) is 5.75 Å². The second-order valence-corrected chi connectivity index (χ2v) is 3.39. The third kappa shape index (κ3) is 0.656. The number of phenolic OH excluding ortho intramolecular Hbond substituents is 1. The highest BCUT2D eigenvalue weighted by molar-refractivity contribution is 6.24. The first-order valence-electron chi connectivity index (χ1n) is 4.29. The lowest BCUT2D eigenvalue weighted by Gasteiger charge is -2.00. The fourth-order valence-corrected chi connectivity index (χ4v) is 1.86. The van der Waals surface area contributed by atoms with Gasteiger partial charge in [0.15, 0.2) is 5.43 Å². The molecule has 68 valence electrons. The molecule has 3 N–H and O–H groups in total. The van der Waals surface area contributed by atoms with Crippen LogP contribution in [0.25, 0.3) is 21.5 Å². The predicted molar refractivity (Wildman–Crippen MR) is 56.2 cm³/mol. The summed E-state index contributed by atoms with van der Waals surface area (Å²) in [5.41, 5.74) is 5.79. The zero-order valence-electron chi connectivity index (χ0n) is 7.24. The first kappa shape index (κ1) is 7.38. The van der Waals surface area contributed by atoms with Crippen LogP contribution in [-0.2, 0) is 0 Å². The molecule has 0 aliphatic rings. The Morgan fingerprint density at radius 1 is 1.07 bits per heavy atom. The first-order chi connectivity index (χ1) is 6.72.